The Balaban J connectivity index is 1.68. The SMILES string of the molecule is Cn1cc(CCNc2nncc(-c3ccccc3F)n2)cn1. The molecule has 0 fully saturated rings. The van der Waals surface area contributed by atoms with Crippen molar-refractivity contribution >= 4 is 5.95 Å². The number of nitrogens with zero attached hydrogens (tertiary/aromatic N) is 5. The Morgan fingerprint density at radius 2 is 2.09 bits per heavy atom. The van der Waals surface area contributed by atoms with E-state index in [2.05, 4.69) is 25.6 Å². The van der Waals surface area contributed by atoms with Crippen molar-refractivity contribution < 1.29 is 4.39 Å². The van der Waals surface area contributed by atoms with Crippen LogP contribution in [0.2, 0.25) is 0 Å². The zero-order valence-corrected chi connectivity index (χ0v) is 12.1. The molecule has 3 aromatic rings. The van der Waals surface area contributed by atoms with Crippen LogP contribution in [0.15, 0.2) is 42.9 Å². The largest absolute Gasteiger partial charge is 0.353 e. The zero-order chi connectivity index (χ0) is 15.4. The summed E-state index contributed by atoms with van der Waals surface area (Å²) in [6, 6.07) is 6.46. The van der Waals surface area contributed by atoms with E-state index in [1.807, 2.05) is 19.4 Å². The van der Waals surface area contributed by atoms with Gasteiger partial charge in [-0.05, 0) is 24.1 Å². The van der Waals surface area contributed by atoms with Crippen LogP contribution >= 0.6 is 0 Å². The molecule has 22 heavy (non-hydrogen) atoms. The summed E-state index contributed by atoms with van der Waals surface area (Å²) in [5.41, 5.74) is 1.98. The number of halogens is 1. The number of anilines is 1. The summed E-state index contributed by atoms with van der Waals surface area (Å²) in [6.07, 6.45) is 6.01. The molecule has 0 saturated heterocycles. The normalized spacial score (nSPS) is 10.6. The first-order chi connectivity index (χ1) is 10.7. The number of hydrogen-bond acceptors (Lipinski definition) is 5. The topological polar surface area (TPSA) is 68.5 Å². The van der Waals surface area contributed by atoms with E-state index in [9.17, 15) is 4.39 Å². The Morgan fingerprint density at radius 1 is 1.23 bits per heavy atom. The molecule has 0 radical (unpaired) electrons. The molecule has 0 atom stereocenters. The van der Waals surface area contributed by atoms with E-state index in [0.717, 1.165) is 12.0 Å². The smallest absolute Gasteiger partial charge is 0.243 e. The lowest BCUT2D eigenvalue weighted by Crippen LogP contribution is -2.09. The number of aromatic nitrogens is 5. The van der Waals surface area contributed by atoms with Gasteiger partial charge in [0.2, 0.25) is 5.95 Å². The number of aryl methyl sites for hydroxylation is 1. The molecule has 0 bridgehead atoms. The van der Waals surface area contributed by atoms with E-state index in [4.69, 9.17) is 0 Å². The summed E-state index contributed by atoms with van der Waals surface area (Å²) < 4.78 is 15.5. The molecular formula is C15H15FN6. The number of benzene rings is 1. The van der Waals surface area contributed by atoms with Crippen LogP contribution < -0.4 is 5.32 Å². The molecule has 112 valence electrons. The maximum Gasteiger partial charge on any atom is 0.243 e. The molecule has 2 aromatic heterocycles. The van der Waals surface area contributed by atoms with Gasteiger partial charge >= 0.3 is 0 Å². The van der Waals surface area contributed by atoms with Crippen molar-refractivity contribution in [2.75, 3.05) is 11.9 Å². The standard InChI is InChI=1S/C15H15FN6/c1-22-10-11(8-19-22)6-7-17-15-20-14(9-18-21-15)12-4-2-3-5-13(12)16/h2-5,8-10H,6-7H2,1H3,(H,17,20,21). The Morgan fingerprint density at radius 3 is 2.86 bits per heavy atom. The Kier molecular flexibility index (Phi) is 4.04. The predicted molar refractivity (Wildman–Crippen MR) is 80.6 cm³/mol. The van der Waals surface area contributed by atoms with Gasteiger partial charge in [0.25, 0.3) is 0 Å². The summed E-state index contributed by atoms with van der Waals surface area (Å²) in [7, 11) is 1.88. The maximum atomic E-state index is 13.8. The predicted octanol–water partition coefficient (Wildman–Crippen LogP) is 2.07. The molecular weight excluding hydrogens is 283 g/mol. The van der Waals surface area contributed by atoms with Gasteiger partial charge in [0.1, 0.15) is 5.82 Å². The second kappa shape index (κ2) is 6.30. The number of nitrogens with one attached hydrogen (secondary N) is 1. The van der Waals surface area contributed by atoms with Crippen molar-refractivity contribution in [3.8, 4) is 11.3 Å². The lowest BCUT2D eigenvalue weighted by Gasteiger charge is -2.05. The molecule has 3 rings (SSSR count). The fourth-order valence-corrected chi connectivity index (χ4v) is 2.10. The molecule has 1 aromatic carbocycles. The van der Waals surface area contributed by atoms with Crippen LogP contribution in [0.5, 0.6) is 0 Å². The monoisotopic (exact) mass is 298 g/mol. The first-order valence-corrected chi connectivity index (χ1v) is 6.88. The minimum Gasteiger partial charge on any atom is -0.353 e. The molecule has 7 heteroatoms. The van der Waals surface area contributed by atoms with Gasteiger partial charge in [-0.1, -0.05) is 12.1 Å². The fourth-order valence-electron chi connectivity index (χ4n) is 2.10. The molecule has 0 aliphatic carbocycles. The molecule has 0 aliphatic rings. The highest BCUT2D eigenvalue weighted by Gasteiger charge is 2.07. The lowest BCUT2D eigenvalue weighted by molar-refractivity contribution is 0.630. The van der Waals surface area contributed by atoms with Gasteiger partial charge in [0, 0.05) is 25.4 Å². The molecule has 0 saturated carbocycles. The second-order valence-corrected chi connectivity index (χ2v) is 4.84. The number of rotatable bonds is 5. The van der Waals surface area contributed by atoms with Crippen LogP contribution in [-0.4, -0.2) is 31.5 Å². The third-order valence-corrected chi connectivity index (χ3v) is 3.16. The van der Waals surface area contributed by atoms with Gasteiger partial charge in [-0.15, -0.1) is 5.10 Å². The van der Waals surface area contributed by atoms with Crippen molar-refractivity contribution in [3.05, 3.63) is 54.2 Å². The summed E-state index contributed by atoms with van der Waals surface area (Å²) in [5, 5.41) is 15.0. The molecule has 6 nitrogen and oxygen atoms in total. The van der Waals surface area contributed by atoms with Crippen LogP contribution in [-0.2, 0) is 13.5 Å². The highest BCUT2D eigenvalue weighted by molar-refractivity contribution is 5.59. The van der Waals surface area contributed by atoms with Gasteiger partial charge in [0.15, 0.2) is 0 Å². The molecule has 1 N–H and O–H groups in total. The number of hydrogen-bond donors (Lipinski definition) is 1. The molecule has 0 amide bonds. The quantitative estimate of drug-likeness (QED) is 0.781. The average Bonchev–Trinajstić information content (AvgIpc) is 2.94. The second-order valence-electron chi connectivity index (χ2n) is 4.84. The van der Waals surface area contributed by atoms with Crippen molar-refractivity contribution in [1.29, 1.82) is 0 Å². The van der Waals surface area contributed by atoms with E-state index in [-0.39, 0.29) is 5.82 Å². The van der Waals surface area contributed by atoms with Gasteiger partial charge in [0.05, 0.1) is 18.1 Å². The van der Waals surface area contributed by atoms with E-state index >= 15 is 0 Å². The third kappa shape index (κ3) is 3.25. The Bertz CT molecular complexity index is 770. The van der Waals surface area contributed by atoms with Crippen LogP contribution in [0.3, 0.4) is 0 Å². The highest BCUT2D eigenvalue weighted by atomic mass is 19.1. The van der Waals surface area contributed by atoms with Crippen molar-refractivity contribution in [1.82, 2.24) is 25.0 Å². The summed E-state index contributed by atoms with van der Waals surface area (Å²) >= 11 is 0. The summed E-state index contributed by atoms with van der Waals surface area (Å²) in [6.45, 7) is 0.647. The molecule has 0 aliphatic heterocycles. The van der Waals surface area contributed by atoms with Crippen molar-refractivity contribution in [2.24, 2.45) is 7.05 Å². The molecule has 0 unspecified atom stereocenters. The summed E-state index contributed by atoms with van der Waals surface area (Å²) in [4.78, 5) is 4.29. The maximum absolute atomic E-state index is 13.8. The molecule has 0 spiro atoms. The van der Waals surface area contributed by atoms with Crippen LogP contribution in [0.4, 0.5) is 10.3 Å². The highest BCUT2D eigenvalue weighted by Crippen LogP contribution is 2.19. The van der Waals surface area contributed by atoms with E-state index in [1.54, 1.807) is 22.9 Å². The first-order valence-electron chi connectivity index (χ1n) is 6.88. The van der Waals surface area contributed by atoms with E-state index in [1.165, 1.54) is 12.3 Å². The summed E-state index contributed by atoms with van der Waals surface area (Å²) in [5.74, 6) is 0.0500. The fraction of sp³-hybridized carbons (Fsp3) is 0.200. The van der Waals surface area contributed by atoms with Crippen LogP contribution in [0.1, 0.15) is 5.56 Å². The lowest BCUT2D eigenvalue weighted by atomic mass is 10.1. The minimum atomic E-state index is -0.329. The average molecular weight is 298 g/mol. The van der Waals surface area contributed by atoms with Crippen LogP contribution in [0, 0.1) is 5.82 Å². The van der Waals surface area contributed by atoms with Gasteiger partial charge in [-0.25, -0.2) is 9.37 Å². The Hall–Kier alpha value is -2.83. The van der Waals surface area contributed by atoms with Gasteiger partial charge in [-0.2, -0.15) is 10.2 Å². The minimum absolute atomic E-state index is 0.329. The van der Waals surface area contributed by atoms with Gasteiger partial charge < -0.3 is 5.32 Å². The third-order valence-electron chi connectivity index (χ3n) is 3.16. The van der Waals surface area contributed by atoms with E-state index < -0.39 is 0 Å². The van der Waals surface area contributed by atoms with Crippen molar-refractivity contribution in [2.45, 2.75) is 6.42 Å². The van der Waals surface area contributed by atoms with Gasteiger partial charge in [-0.3, -0.25) is 4.68 Å². The van der Waals surface area contributed by atoms with E-state index in [0.29, 0.717) is 23.8 Å². The van der Waals surface area contributed by atoms with Crippen molar-refractivity contribution in [3.63, 3.8) is 0 Å². The molecule has 2 heterocycles. The Labute approximate surface area is 127 Å². The first kappa shape index (κ1) is 14.1. The van der Waals surface area contributed by atoms with Crippen LogP contribution in [0.25, 0.3) is 11.3 Å². The zero-order valence-electron chi connectivity index (χ0n) is 12.1.